The zero-order valence-electron chi connectivity index (χ0n) is 7.40. The third-order valence-electron chi connectivity index (χ3n) is 2.34. The van der Waals surface area contributed by atoms with Crippen LogP contribution in [0, 0.1) is 0 Å². The smallest absolute Gasteiger partial charge is 0.293 e. The predicted octanol–water partition coefficient (Wildman–Crippen LogP) is 1.54. The Labute approximate surface area is 80.3 Å². The van der Waals surface area contributed by atoms with Crippen molar-refractivity contribution in [3.63, 3.8) is 0 Å². The fraction of sp³-hybridized carbons (Fsp3) is 0.500. The number of fused-ring (bicyclic) bond motifs is 1. The van der Waals surface area contributed by atoms with Crippen molar-refractivity contribution in [1.29, 1.82) is 0 Å². The molecule has 1 saturated heterocycles. The van der Waals surface area contributed by atoms with Gasteiger partial charge in [0.15, 0.2) is 0 Å². The minimum atomic E-state index is -0.612. The zero-order chi connectivity index (χ0) is 9.64. The van der Waals surface area contributed by atoms with Crippen LogP contribution in [0.25, 0.3) is 0 Å². The lowest BCUT2D eigenvalue weighted by Crippen LogP contribution is -2.61. The molecule has 0 aromatic carbocycles. The molecular formula is C8H10N2O2S. The average molecular weight is 198 g/mol. The van der Waals surface area contributed by atoms with Gasteiger partial charge in [0.2, 0.25) is 0 Å². The van der Waals surface area contributed by atoms with Crippen molar-refractivity contribution in [3.8, 4) is 0 Å². The molecule has 2 heterocycles. The highest BCUT2D eigenvalue weighted by atomic mass is 32.2. The van der Waals surface area contributed by atoms with Crippen molar-refractivity contribution in [2.24, 2.45) is 0 Å². The van der Waals surface area contributed by atoms with Crippen molar-refractivity contribution in [2.75, 3.05) is 0 Å². The monoisotopic (exact) mass is 198 g/mol. The van der Waals surface area contributed by atoms with Gasteiger partial charge in [-0.25, -0.2) is 0 Å². The summed E-state index contributed by atoms with van der Waals surface area (Å²) in [4.78, 5) is 24.3. The summed E-state index contributed by atoms with van der Waals surface area (Å²) in [6, 6.07) is 0.0607. The van der Waals surface area contributed by atoms with Crippen LogP contribution in [0.15, 0.2) is 12.2 Å². The van der Waals surface area contributed by atoms with Gasteiger partial charge in [0.1, 0.15) is 5.66 Å². The van der Waals surface area contributed by atoms with E-state index in [9.17, 15) is 9.59 Å². The average Bonchev–Trinajstić information content (AvgIpc) is 2.26. The maximum Gasteiger partial charge on any atom is 0.293 e. The van der Waals surface area contributed by atoms with Crippen LogP contribution < -0.4 is 5.32 Å². The summed E-state index contributed by atoms with van der Waals surface area (Å²) >= 11 is 0.717. The second-order valence-electron chi connectivity index (χ2n) is 3.40. The molecule has 2 rings (SSSR count). The van der Waals surface area contributed by atoms with Gasteiger partial charge in [0.05, 0.1) is 6.04 Å². The number of carbonyl (C=O) groups excluding carboxylic acids is 2. The van der Waals surface area contributed by atoms with Crippen molar-refractivity contribution in [1.82, 2.24) is 10.2 Å². The number of nitrogens with zero attached hydrogens (tertiary/aromatic N) is 1. The summed E-state index contributed by atoms with van der Waals surface area (Å²) in [6.07, 6.45) is 3.78. The highest BCUT2D eigenvalue weighted by Crippen LogP contribution is 2.33. The lowest BCUT2D eigenvalue weighted by atomic mass is 10.2. The molecule has 0 spiro atoms. The van der Waals surface area contributed by atoms with Crippen LogP contribution in [0.3, 0.4) is 0 Å². The first-order valence-corrected chi connectivity index (χ1v) is 4.87. The summed E-state index contributed by atoms with van der Waals surface area (Å²) in [5.74, 6) is 0. The summed E-state index contributed by atoms with van der Waals surface area (Å²) in [7, 11) is 0. The van der Waals surface area contributed by atoms with Crippen molar-refractivity contribution < 1.29 is 9.59 Å². The first-order chi connectivity index (χ1) is 6.03. The molecule has 1 fully saturated rings. The van der Waals surface area contributed by atoms with E-state index in [2.05, 4.69) is 5.32 Å². The molecule has 0 aliphatic carbocycles. The van der Waals surface area contributed by atoms with Crippen LogP contribution in [0.4, 0.5) is 9.59 Å². The molecular weight excluding hydrogens is 188 g/mol. The van der Waals surface area contributed by atoms with Crippen LogP contribution in [0.2, 0.25) is 0 Å². The highest BCUT2D eigenvalue weighted by molar-refractivity contribution is 8.26. The molecule has 1 N–H and O–H groups in total. The number of nitrogens with one attached hydrogen (secondary N) is 1. The van der Waals surface area contributed by atoms with Gasteiger partial charge in [-0.2, -0.15) is 0 Å². The van der Waals surface area contributed by atoms with E-state index in [0.717, 1.165) is 0 Å². The molecule has 4 nitrogen and oxygen atoms in total. The quantitative estimate of drug-likeness (QED) is 0.601. The molecule has 70 valence electrons. The van der Waals surface area contributed by atoms with Gasteiger partial charge in [-0.1, -0.05) is 6.08 Å². The van der Waals surface area contributed by atoms with Crippen LogP contribution in [0.1, 0.15) is 13.8 Å². The number of thioether (sulfide) groups is 1. The Bertz CT molecular complexity index is 315. The SMILES string of the molecule is C[C@@H]1C=C[C@@]2(C)NC(=O)SC(=O)N12. The fourth-order valence-corrected chi connectivity index (χ4v) is 2.60. The van der Waals surface area contributed by atoms with E-state index >= 15 is 0 Å². The first kappa shape index (κ1) is 8.62. The van der Waals surface area contributed by atoms with Gasteiger partial charge in [-0.05, 0) is 19.9 Å². The van der Waals surface area contributed by atoms with Crippen LogP contribution >= 0.6 is 11.8 Å². The Kier molecular flexibility index (Phi) is 1.66. The fourth-order valence-electron chi connectivity index (χ4n) is 1.73. The Balaban J connectivity index is 2.36. The molecule has 5 heteroatoms. The summed E-state index contributed by atoms with van der Waals surface area (Å²) in [5.41, 5.74) is -0.612. The standard InChI is InChI=1S/C8H10N2O2S/c1-5-3-4-8(2)9-6(11)13-7(12)10(5)8/h3-5H,1-2H3,(H,9,11)/t5-,8+/m1/s1. The minimum absolute atomic E-state index is 0.0607. The van der Waals surface area contributed by atoms with E-state index in [1.165, 1.54) is 0 Å². The van der Waals surface area contributed by atoms with Crippen molar-refractivity contribution in [3.05, 3.63) is 12.2 Å². The van der Waals surface area contributed by atoms with Gasteiger partial charge >= 0.3 is 0 Å². The van der Waals surface area contributed by atoms with Crippen LogP contribution in [-0.4, -0.2) is 27.1 Å². The largest absolute Gasteiger partial charge is 0.320 e. The van der Waals surface area contributed by atoms with Crippen LogP contribution in [0.5, 0.6) is 0 Å². The topological polar surface area (TPSA) is 49.4 Å². The predicted molar refractivity (Wildman–Crippen MR) is 50.4 cm³/mol. The lowest BCUT2D eigenvalue weighted by molar-refractivity contribution is 0.150. The molecule has 0 unspecified atom stereocenters. The number of carbonyl (C=O) groups is 2. The van der Waals surface area contributed by atoms with Crippen LogP contribution in [-0.2, 0) is 0 Å². The normalized spacial score (nSPS) is 37.7. The number of amides is 2. The van der Waals surface area contributed by atoms with E-state index in [1.54, 1.807) is 4.90 Å². The second-order valence-corrected chi connectivity index (χ2v) is 4.32. The van der Waals surface area contributed by atoms with E-state index in [4.69, 9.17) is 0 Å². The van der Waals surface area contributed by atoms with Crippen molar-refractivity contribution >= 4 is 22.2 Å². The van der Waals surface area contributed by atoms with E-state index < -0.39 is 5.66 Å². The molecule has 0 aromatic heterocycles. The summed E-state index contributed by atoms with van der Waals surface area (Å²) < 4.78 is 0. The highest BCUT2D eigenvalue weighted by Gasteiger charge is 2.45. The molecule has 0 radical (unpaired) electrons. The number of hydrogen-bond donors (Lipinski definition) is 1. The third-order valence-corrected chi connectivity index (χ3v) is 3.00. The Morgan fingerprint density at radius 3 is 3.00 bits per heavy atom. The summed E-state index contributed by atoms with van der Waals surface area (Å²) in [6.45, 7) is 3.75. The molecule has 2 aliphatic rings. The molecule has 2 atom stereocenters. The van der Waals surface area contributed by atoms with Gasteiger partial charge in [0, 0.05) is 11.8 Å². The minimum Gasteiger partial charge on any atom is -0.320 e. The van der Waals surface area contributed by atoms with E-state index in [1.807, 2.05) is 26.0 Å². The van der Waals surface area contributed by atoms with Gasteiger partial charge in [-0.3, -0.25) is 9.59 Å². The second kappa shape index (κ2) is 2.51. The van der Waals surface area contributed by atoms with E-state index in [0.29, 0.717) is 11.8 Å². The molecule has 0 aromatic rings. The van der Waals surface area contributed by atoms with E-state index in [-0.39, 0.29) is 16.5 Å². The van der Waals surface area contributed by atoms with Crippen molar-refractivity contribution in [2.45, 2.75) is 25.6 Å². The molecule has 2 amide bonds. The molecule has 2 aliphatic heterocycles. The number of hydrogen-bond acceptors (Lipinski definition) is 3. The molecule has 13 heavy (non-hydrogen) atoms. The van der Waals surface area contributed by atoms with Gasteiger partial charge in [-0.15, -0.1) is 0 Å². The Hall–Kier alpha value is -0.970. The first-order valence-electron chi connectivity index (χ1n) is 4.05. The zero-order valence-corrected chi connectivity index (χ0v) is 8.22. The Morgan fingerprint density at radius 1 is 1.62 bits per heavy atom. The number of rotatable bonds is 0. The lowest BCUT2D eigenvalue weighted by Gasteiger charge is -2.40. The maximum atomic E-state index is 11.5. The molecule has 0 saturated carbocycles. The Morgan fingerprint density at radius 2 is 2.31 bits per heavy atom. The molecule has 0 bridgehead atoms. The summed E-state index contributed by atoms with van der Waals surface area (Å²) in [5, 5.41) is 2.31. The third kappa shape index (κ3) is 1.14. The van der Waals surface area contributed by atoms with Gasteiger partial charge in [0.25, 0.3) is 10.5 Å². The van der Waals surface area contributed by atoms with Gasteiger partial charge < -0.3 is 10.2 Å². The maximum absolute atomic E-state index is 11.5.